The molecule has 0 saturated carbocycles. The number of nitrogens with zero attached hydrogens (tertiary/aromatic N) is 5. The summed E-state index contributed by atoms with van der Waals surface area (Å²) < 4.78 is 22.1. The molecule has 4 atom stereocenters. The number of nitrogens with two attached hydrogens (primary N) is 1. The van der Waals surface area contributed by atoms with Crippen molar-refractivity contribution in [2.45, 2.75) is 37.9 Å². The van der Waals surface area contributed by atoms with Crippen LogP contribution in [0.2, 0.25) is 0 Å². The summed E-state index contributed by atoms with van der Waals surface area (Å²) in [5, 5.41) is 29.1. The van der Waals surface area contributed by atoms with E-state index in [9.17, 15) is 19.6 Å². The zero-order valence-corrected chi connectivity index (χ0v) is 18.6. The van der Waals surface area contributed by atoms with Crippen molar-refractivity contribution in [1.82, 2.24) is 19.5 Å². The van der Waals surface area contributed by atoms with Crippen LogP contribution in [-0.2, 0) is 20.2 Å². The smallest absolute Gasteiger partial charge is 0.387 e. The Morgan fingerprint density at radius 1 is 1.21 bits per heavy atom. The van der Waals surface area contributed by atoms with Crippen molar-refractivity contribution >= 4 is 36.6 Å². The van der Waals surface area contributed by atoms with Crippen LogP contribution in [-0.4, -0.2) is 64.4 Å². The van der Waals surface area contributed by atoms with Crippen LogP contribution < -0.4 is 11.3 Å². The van der Waals surface area contributed by atoms with E-state index in [1.807, 2.05) is 19.1 Å². The number of rotatable bonds is 7. The molecule has 1 aromatic carbocycles. The summed E-state index contributed by atoms with van der Waals surface area (Å²) in [5.41, 5.74) is 6.27. The number of nitrogen functional groups attached to an aromatic ring is 1. The van der Waals surface area contributed by atoms with Gasteiger partial charge in [0.05, 0.1) is 12.3 Å². The van der Waals surface area contributed by atoms with E-state index in [-0.39, 0.29) is 23.1 Å². The summed E-state index contributed by atoms with van der Waals surface area (Å²) in [7, 11) is -4.86. The summed E-state index contributed by atoms with van der Waals surface area (Å²) >= 11 is 0. The number of aromatic amines is 1. The molecule has 1 aliphatic rings. The van der Waals surface area contributed by atoms with Gasteiger partial charge < -0.3 is 30.5 Å². The molecule has 0 amide bonds. The first-order valence-corrected chi connectivity index (χ1v) is 11.6. The topological polar surface area (TPSA) is 231 Å². The lowest BCUT2D eigenvalue weighted by Crippen LogP contribution is -2.33. The van der Waals surface area contributed by atoms with Crippen LogP contribution in [0.1, 0.15) is 18.7 Å². The molecule has 2 aromatic heterocycles. The van der Waals surface area contributed by atoms with Crippen molar-refractivity contribution in [2.24, 2.45) is 10.2 Å². The number of aromatic nitrogens is 4. The fraction of sp³-hybridized carbons (Fsp3) is 0.389. The monoisotopic (exact) mass is 495 g/mol. The predicted octanol–water partition coefficient (Wildman–Crippen LogP) is 0.408. The van der Waals surface area contributed by atoms with Gasteiger partial charge in [0.25, 0.3) is 11.5 Å². The lowest BCUT2D eigenvalue weighted by molar-refractivity contribution is -0.0496. The molecule has 7 N–H and O–H groups in total. The fourth-order valence-corrected chi connectivity index (χ4v) is 3.79. The molecule has 4 rings (SSSR count). The highest BCUT2D eigenvalue weighted by Gasteiger charge is 2.46. The normalized spacial score (nSPS) is 23.3. The highest BCUT2D eigenvalue weighted by Crippen LogP contribution is 2.40. The van der Waals surface area contributed by atoms with E-state index >= 15 is 0 Å². The van der Waals surface area contributed by atoms with Crippen molar-refractivity contribution in [3.8, 4) is 0 Å². The van der Waals surface area contributed by atoms with E-state index in [2.05, 4.69) is 29.7 Å². The second-order valence-corrected chi connectivity index (χ2v) is 8.70. The number of benzene rings is 1. The van der Waals surface area contributed by atoms with Gasteiger partial charge >= 0.3 is 7.82 Å². The molecule has 3 aromatic rings. The number of phosphoric acid groups is 1. The highest BCUT2D eigenvalue weighted by molar-refractivity contribution is 7.46. The number of azo groups is 1. The van der Waals surface area contributed by atoms with Crippen LogP contribution in [0.15, 0.2) is 39.3 Å². The second-order valence-electron chi connectivity index (χ2n) is 7.46. The summed E-state index contributed by atoms with van der Waals surface area (Å²) in [6.45, 7) is 1.29. The molecule has 1 fully saturated rings. The van der Waals surface area contributed by atoms with Crippen molar-refractivity contribution in [3.63, 3.8) is 0 Å². The molecule has 1 unspecified atom stereocenters. The Balaban J connectivity index is 1.75. The first-order valence-electron chi connectivity index (χ1n) is 10.1. The van der Waals surface area contributed by atoms with E-state index in [0.29, 0.717) is 5.69 Å². The zero-order valence-electron chi connectivity index (χ0n) is 17.7. The van der Waals surface area contributed by atoms with E-state index in [1.165, 1.54) is 0 Å². The Morgan fingerprint density at radius 2 is 1.91 bits per heavy atom. The third-order valence-corrected chi connectivity index (χ3v) is 5.63. The Labute approximate surface area is 191 Å². The largest absolute Gasteiger partial charge is 0.469 e. The minimum atomic E-state index is -4.86. The first kappa shape index (κ1) is 24.1. The van der Waals surface area contributed by atoms with E-state index in [1.54, 1.807) is 12.1 Å². The molecule has 1 saturated heterocycles. The van der Waals surface area contributed by atoms with Gasteiger partial charge in [-0.3, -0.25) is 18.9 Å². The number of imidazole rings is 1. The third-order valence-electron chi connectivity index (χ3n) is 5.15. The lowest BCUT2D eigenvalue weighted by Gasteiger charge is -2.17. The molecule has 182 valence electrons. The van der Waals surface area contributed by atoms with Crippen LogP contribution in [0.3, 0.4) is 0 Å². The number of nitrogens with one attached hydrogen (secondary N) is 1. The SMILES string of the molecule is CCc1ccc(/N=N/c2nc3c(=O)[nH]c(N)nc3n2[C@@H]2O[C@H](COP(=O)(O)O)C(O)[C@@H]2O)cc1. The number of H-pyrrole nitrogens is 1. The standard InChI is InChI=1S/C18H22N7O8P/c1-2-8-3-5-9(6-4-8)23-24-18-20-11-14(21-17(19)22-15(11)28)25(18)16-13(27)12(26)10(33-16)7-32-34(29,30)31/h3-6,10,12-13,16,26-27H,2,7H2,1H3,(H2,29,30,31)(H3,19,21,22,28)/b24-23+/t10-,12?,13+,16-/m1/s1. The van der Waals surface area contributed by atoms with Gasteiger partial charge in [-0.15, -0.1) is 10.2 Å². The molecule has 15 nitrogen and oxygen atoms in total. The van der Waals surface area contributed by atoms with Crippen molar-refractivity contribution < 1.29 is 33.8 Å². The Morgan fingerprint density at radius 3 is 2.56 bits per heavy atom. The van der Waals surface area contributed by atoms with Gasteiger partial charge in [-0.2, -0.15) is 4.98 Å². The number of phosphoric ester groups is 1. The van der Waals surface area contributed by atoms with E-state index in [0.717, 1.165) is 16.6 Å². The molecule has 16 heteroatoms. The van der Waals surface area contributed by atoms with Gasteiger partial charge in [-0.25, -0.2) is 9.55 Å². The van der Waals surface area contributed by atoms with Crippen molar-refractivity contribution in [1.29, 1.82) is 0 Å². The van der Waals surface area contributed by atoms with E-state index < -0.39 is 44.5 Å². The van der Waals surface area contributed by atoms with Gasteiger partial charge in [0.1, 0.15) is 18.3 Å². The van der Waals surface area contributed by atoms with Gasteiger partial charge in [0, 0.05) is 0 Å². The predicted molar refractivity (Wildman–Crippen MR) is 116 cm³/mol. The molecule has 0 radical (unpaired) electrons. The molecular formula is C18H22N7O8P. The number of fused-ring (bicyclic) bond motifs is 1. The number of aryl methyl sites for hydroxylation is 1. The molecule has 3 heterocycles. The minimum Gasteiger partial charge on any atom is -0.387 e. The van der Waals surface area contributed by atoms with Crippen LogP contribution in [0.4, 0.5) is 17.6 Å². The maximum Gasteiger partial charge on any atom is 0.469 e. The number of ether oxygens (including phenoxy) is 1. The average molecular weight is 495 g/mol. The third kappa shape index (κ3) is 4.90. The van der Waals surface area contributed by atoms with Crippen molar-refractivity contribution in [3.05, 3.63) is 40.2 Å². The first-order chi connectivity index (χ1) is 16.1. The molecule has 34 heavy (non-hydrogen) atoms. The molecule has 0 spiro atoms. The molecule has 0 aliphatic carbocycles. The molecule has 1 aliphatic heterocycles. The molecular weight excluding hydrogens is 473 g/mol. The Kier molecular flexibility index (Phi) is 6.60. The van der Waals surface area contributed by atoms with Crippen LogP contribution in [0.5, 0.6) is 0 Å². The van der Waals surface area contributed by atoms with Gasteiger partial charge in [0.2, 0.25) is 5.95 Å². The summed E-state index contributed by atoms with van der Waals surface area (Å²) in [5.74, 6) is -0.433. The number of anilines is 1. The maximum absolute atomic E-state index is 12.4. The van der Waals surface area contributed by atoms with Crippen LogP contribution in [0, 0.1) is 0 Å². The Bertz CT molecular complexity index is 1320. The van der Waals surface area contributed by atoms with Crippen LogP contribution in [0.25, 0.3) is 11.2 Å². The number of hydrogen-bond donors (Lipinski definition) is 6. The average Bonchev–Trinajstić information content (AvgIpc) is 3.28. The van der Waals surface area contributed by atoms with Gasteiger partial charge in [-0.05, 0) is 24.1 Å². The number of hydrogen-bond acceptors (Lipinski definition) is 11. The summed E-state index contributed by atoms with van der Waals surface area (Å²) in [4.78, 5) is 40.7. The summed E-state index contributed by atoms with van der Waals surface area (Å²) in [6, 6.07) is 7.21. The van der Waals surface area contributed by atoms with Gasteiger partial charge in [0.15, 0.2) is 17.4 Å². The number of aliphatic hydroxyl groups is 2. The zero-order chi connectivity index (χ0) is 24.6. The maximum atomic E-state index is 12.4. The second kappa shape index (κ2) is 9.31. The van der Waals surface area contributed by atoms with Crippen molar-refractivity contribution in [2.75, 3.05) is 12.3 Å². The summed E-state index contributed by atoms with van der Waals surface area (Å²) in [6.07, 6.45) is -5.11. The minimum absolute atomic E-state index is 0.107. The van der Waals surface area contributed by atoms with E-state index in [4.69, 9.17) is 20.3 Å². The number of aliphatic hydroxyl groups excluding tert-OH is 2. The van der Waals surface area contributed by atoms with Crippen LogP contribution >= 0.6 is 7.82 Å². The molecule has 0 bridgehead atoms. The lowest BCUT2D eigenvalue weighted by atomic mass is 10.1. The highest BCUT2D eigenvalue weighted by atomic mass is 31.2. The van der Waals surface area contributed by atoms with Gasteiger partial charge in [-0.1, -0.05) is 19.1 Å². The quantitative estimate of drug-likeness (QED) is 0.194. The Hall–Kier alpha value is -3.04. The fourth-order valence-electron chi connectivity index (χ4n) is 3.45.